The lowest BCUT2D eigenvalue weighted by Crippen LogP contribution is -2.37. The van der Waals surface area contributed by atoms with E-state index < -0.39 is 5.41 Å². The lowest BCUT2D eigenvalue weighted by atomic mass is 9.77. The number of carbonyl (C=O) groups is 2. The van der Waals surface area contributed by atoms with Gasteiger partial charge in [-0.2, -0.15) is 0 Å². The van der Waals surface area contributed by atoms with E-state index in [1.54, 1.807) is 13.8 Å². The molecule has 0 aromatic heterocycles. The molecular weight excluding hydrogens is 232 g/mol. The Bertz CT molecular complexity index is 387. The summed E-state index contributed by atoms with van der Waals surface area (Å²) in [5.74, 6) is -0.576. The van der Waals surface area contributed by atoms with Crippen molar-refractivity contribution in [2.45, 2.75) is 27.2 Å². The second-order valence-electron chi connectivity index (χ2n) is 5.11. The van der Waals surface area contributed by atoms with Gasteiger partial charge in [-0.15, -0.1) is 0 Å². The molecule has 2 rings (SSSR count). The molecule has 0 spiro atoms. The van der Waals surface area contributed by atoms with Crippen LogP contribution in [0.5, 0.6) is 0 Å². The third-order valence-electron chi connectivity index (χ3n) is 4.26. The van der Waals surface area contributed by atoms with Crippen LogP contribution in [0, 0.1) is 23.2 Å². The average Bonchev–Trinajstić information content (AvgIpc) is 2.82. The van der Waals surface area contributed by atoms with Crippen molar-refractivity contribution in [1.29, 1.82) is 0 Å². The quantitative estimate of drug-likeness (QED) is 0.567. The van der Waals surface area contributed by atoms with Gasteiger partial charge in [-0.05, 0) is 33.1 Å². The number of carbonyl (C=O) groups excluding carboxylic acids is 2. The van der Waals surface area contributed by atoms with E-state index in [1.165, 1.54) is 0 Å². The Balaban J connectivity index is 2.18. The van der Waals surface area contributed by atoms with Gasteiger partial charge in [-0.25, -0.2) is 0 Å². The summed E-state index contributed by atoms with van der Waals surface area (Å²) in [5.41, 5.74) is -0.590. The molecular formula is C14H20O4. The molecule has 100 valence electrons. The van der Waals surface area contributed by atoms with Crippen molar-refractivity contribution in [1.82, 2.24) is 0 Å². The van der Waals surface area contributed by atoms with Crippen LogP contribution >= 0.6 is 0 Å². The first-order valence-corrected chi connectivity index (χ1v) is 6.57. The molecule has 0 N–H and O–H groups in total. The van der Waals surface area contributed by atoms with E-state index >= 15 is 0 Å². The number of ether oxygens (including phenoxy) is 2. The summed E-state index contributed by atoms with van der Waals surface area (Å²) < 4.78 is 10.3. The number of hydrogen-bond donors (Lipinski definition) is 0. The van der Waals surface area contributed by atoms with Gasteiger partial charge in [0.1, 0.15) is 0 Å². The normalized spacial score (nSPS) is 36.7. The highest BCUT2D eigenvalue weighted by Crippen LogP contribution is 2.57. The van der Waals surface area contributed by atoms with Crippen molar-refractivity contribution in [3.8, 4) is 0 Å². The topological polar surface area (TPSA) is 52.6 Å². The Morgan fingerprint density at radius 1 is 1.22 bits per heavy atom. The fourth-order valence-corrected chi connectivity index (χ4v) is 3.26. The van der Waals surface area contributed by atoms with Crippen LogP contribution in [0.2, 0.25) is 0 Å². The zero-order chi connectivity index (χ0) is 13.3. The molecule has 4 heteroatoms. The smallest absolute Gasteiger partial charge is 0.313 e. The molecule has 0 radical (unpaired) electrons. The van der Waals surface area contributed by atoms with Gasteiger partial charge >= 0.3 is 11.9 Å². The highest BCUT2D eigenvalue weighted by Gasteiger charge is 2.60. The Morgan fingerprint density at radius 3 is 2.50 bits per heavy atom. The molecule has 0 saturated heterocycles. The van der Waals surface area contributed by atoms with Crippen LogP contribution in [0.4, 0.5) is 0 Å². The summed E-state index contributed by atoms with van der Waals surface area (Å²) in [5, 5.41) is 0. The van der Waals surface area contributed by atoms with Crippen molar-refractivity contribution in [3.05, 3.63) is 12.2 Å². The molecule has 0 heterocycles. The molecule has 2 bridgehead atoms. The third kappa shape index (κ3) is 1.74. The van der Waals surface area contributed by atoms with E-state index in [2.05, 4.69) is 0 Å². The van der Waals surface area contributed by atoms with Crippen molar-refractivity contribution in [2.24, 2.45) is 23.2 Å². The minimum absolute atomic E-state index is 0.0828. The summed E-state index contributed by atoms with van der Waals surface area (Å²) in [4.78, 5) is 24.0. The van der Waals surface area contributed by atoms with Gasteiger partial charge in [0.2, 0.25) is 0 Å². The van der Waals surface area contributed by atoms with E-state index in [0.29, 0.717) is 19.6 Å². The van der Waals surface area contributed by atoms with E-state index in [1.807, 2.05) is 19.1 Å². The third-order valence-corrected chi connectivity index (χ3v) is 4.26. The Hall–Kier alpha value is -1.32. The maximum atomic E-state index is 12.1. The van der Waals surface area contributed by atoms with Gasteiger partial charge < -0.3 is 9.47 Å². The molecule has 18 heavy (non-hydrogen) atoms. The number of esters is 2. The predicted octanol–water partition coefficient (Wildman–Crippen LogP) is 1.94. The van der Waals surface area contributed by atoms with Crippen LogP contribution in [0.1, 0.15) is 27.2 Å². The number of rotatable bonds is 4. The molecule has 0 amide bonds. The average molecular weight is 252 g/mol. The van der Waals surface area contributed by atoms with Crippen LogP contribution in [0.25, 0.3) is 0 Å². The van der Waals surface area contributed by atoms with Crippen molar-refractivity contribution >= 4 is 11.9 Å². The first-order valence-electron chi connectivity index (χ1n) is 6.57. The van der Waals surface area contributed by atoms with Gasteiger partial charge in [-0.1, -0.05) is 12.2 Å². The van der Waals surface area contributed by atoms with Gasteiger partial charge in [0.25, 0.3) is 0 Å². The highest BCUT2D eigenvalue weighted by atomic mass is 16.5. The molecule has 2 aliphatic rings. The lowest BCUT2D eigenvalue weighted by molar-refractivity contribution is -0.158. The van der Waals surface area contributed by atoms with Gasteiger partial charge in [0.05, 0.1) is 24.5 Å². The second kappa shape index (κ2) is 4.75. The van der Waals surface area contributed by atoms with E-state index in [-0.39, 0.29) is 29.7 Å². The molecule has 4 atom stereocenters. The molecule has 0 aromatic carbocycles. The SMILES string of the molecule is CCOC(=O)[C@H]1C[C@H]2C=C[C@@H]1[C@@]2(C)C(=O)OCC. The largest absolute Gasteiger partial charge is 0.466 e. The Kier molecular flexibility index (Phi) is 3.46. The van der Waals surface area contributed by atoms with Gasteiger partial charge in [-0.3, -0.25) is 9.59 Å². The van der Waals surface area contributed by atoms with Crippen LogP contribution in [-0.4, -0.2) is 25.2 Å². The molecule has 0 unspecified atom stereocenters. The minimum atomic E-state index is -0.590. The number of allylic oxidation sites excluding steroid dienone is 2. The van der Waals surface area contributed by atoms with Crippen molar-refractivity contribution < 1.29 is 19.1 Å². The molecule has 0 aliphatic heterocycles. The van der Waals surface area contributed by atoms with Gasteiger partial charge in [0.15, 0.2) is 0 Å². The van der Waals surface area contributed by atoms with Crippen molar-refractivity contribution in [3.63, 3.8) is 0 Å². The number of fused-ring (bicyclic) bond motifs is 2. The van der Waals surface area contributed by atoms with E-state index in [0.717, 1.165) is 0 Å². The zero-order valence-corrected chi connectivity index (χ0v) is 11.1. The minimum Gasteiger partial charge on any atom is -0.466 e. The van der Waals surface area contributed by atoms with Crippen LogP contribution in [0.15, 0.2) is 12.2 Å². The molecule has 4 nitrogen and oxygen atoms in total. The summed E-state index contributed by atoms with van der Waals surface area (Å²) >= 11 is 0. The second-order valence-corrected chi connectivity index (χ2v) is 5.11. The first kappa shape index (κ1) is 13.1. The molecule has 0 aromatic rings. The number of hydrogen-bond acceptors (Lipinski definition) is 4. The lowest BCUT2D eigenvalue weighted by Gasteiger charge is -2.28. The molecule has 2 aliphatic carbocycles. The Labute approximate surface area is 107 Å². The summed E-state index contributed by atoms with van der Waals surface area (Å²) in [6.45, 7) is 6.25. The summed E-state index contributed by atoms with van der Waals surface area (Å²) in [6, 6.07) is 0. The monoisotopic (exact) mass is 252 g/mol. The van der Waals surface area contributed by atoms with Crippen molar-refractivity contribution in [2.75, 3.05) is 13.2 Å². The maximum absolute atomic E-state index is 12.1. The molecule has 1 fully saturated rings. The highest BCUT2D eigenvalue weighted by molar-refractivity contribution is 5.83. The van der Waals surface area contributed by atoms with Crippen LogP contribution in [-0.2, 0) is 19.1 Å². The Morgan fingerprint density at radius 2 is 1.89 bits per heavy atom. The van der Waals surface area contributed by atoms with E-state index in [4.69, 9.17) is 9.47 Å². The van der Waals surface area contributed by atoms with E-state index in [9.17, 15) is 9.59 Å². The molecule has 1 saturated carbocycles. The van der Waals surface area contributed by atoms with Crippen LogP contribution in [0.3, 0.4) is 0 Å². The first-order chi connectivity index (χ1) is 8.55. The van der Waals surface area contributed by atoms with Crippen LogP contribution < -0.4 is 0 Å². The summed E-state index contributed by atoms with van der Waals surface area (Å²) in [6.07, 6.45) is 4.71. The predicted molar refractivity (Wildman–Crippen MR) is 65.6 cm³/mol. The fourth-order valence-electron chi connectivity index (χ4n) is 3.26. The maximum Gasteiger partial charge on any atom is 0.313 e. The van der Waals surface area contributed by atoms with Gasteiger partial charge in [0, 0.05) is 5.92 Å². The standard InChI is InChI=1S/C14H20O4/c1-4-17-12(15)10-8-9-6-7-11(10)14(9,3)13(16)18-5-2/h6-7,9-11H,4-5,8H2,1-3H3/t9-,10+,11+,14+/m1/s1. The fraction of sp³-hybridized carbons (Fsp3) is 0.714. The zero-order valence-electron chi connectivity index (χ0n) is 11.1. The summed E-state index contributed by atoms with van der Waals surface area (Å²) in [7, 11) is 0.